The van der Waals surface area contributed by atoms with Crippen LogP contribution in [0.4, 0.5) is 18.9 Å². The topological polar surface area (TPSA) is 57.6 Å². The minimum Gasteiger partial charge on any atom is -0.481 e. The molecule has 1 rings (SSSR count). The van der Waals surface area contributed by atoms with Crippen molar-refractivity contribution in [2.75, 3.05) is 11.4 Å². The summed E-state index contributed by atoms with van der Waals surface area (Å²) in [6.07, 6.45) is -4.07. The van der Waals surface area contributed by atoms with Gasteiger partial charge in [-0.1, -0.05) is 6.07 Å². The molecule has 0 aliphatic rings. The average Bonchev–Trinajstić information content (AvgIpc) is 2.33. The van der Waals surface area contributed by atoms with Crippen molar-refractivity contribution in [2.45, 2.75) is 19.0 Å². The molecule has 0 aliphatic carbocycles. The number of benzene rings is 1. The number of carbonyl (C=O) groups excluding carboxylic acids is 1. The lowest BCUT2D eigenvalue weighted by molar-refractivity contribution is -0.138. The van der Waals surface area contributed by atoms with Crippen molar-refractivity contribution < 1.29 is 27.9 Å². The highest BCUT2D eigenvalue weighted by atomic mass is 19.4. The Balaban J connectivity index is 2.81. The Morgan fingerprint density at radius 2 is 2.05 bits per heavy atom. The predicted octanol–water partition coefficient (Wildman–Crippen LogP) is 2.53. The average molecular weight is 275 g/mol. The summed E-state index contributed by atoms with van der Waals surface area (Å²) in [7, 11) is 0. The Hall–Kier alpha value is -2.05. The zero-order valence-electron chi connectivity index (χ0n) is 9.85. The number of carboxylic acids is 1. The number of alkyl halides is 3. The zero-order valence-corrected chi connectivity index (χ0v) is 9.85. The number of carbonyl (C=O) groups is 2. The number of hydrogen-bond acceptors (Lipinski definition) is 2. The number of rotatable bonds is 6. The summed E-state index contributed by atoms with van der Waals surface area (Å²) >= 11 is 0. The van der Waals surface area contributed by atoms with E-state index in [1.54, 1.807) is 0 Å². The van der Waals surface area contributed by atoms with Gasteiger partial charge in [0.1, 0.15) is 0 Å². The summed E-state index contributed by atoms with van der Waals surface area (Å²) in [5.41, 5.74) is -0.759. The van der Waals surface area contributed by atoms with Crippen molar-refractivity contribution in [2.24, 2.45) is 0 Å². The van der Waals surface area contributed by atoms with Gasteiger partial charge in [-0.2, -0.15) is 13.2 Å². The number of nitrogens with zero attached hydrogens (tertiary/aromatic N) is 1. The second-order valence-electron chi connectivity index (χ2n) is 3.84. The molecule has 4 nitrogen and oxygen atoms in total. The summed E-state index contributed by atoms with van der Waals surface area (Å²) < 4.78 is 37.5. The molecule has 0 fully saturated rings. The first-order valence-electron chi connectivity index (χ1n) is 5.45. The molecule has 1 aromatic carbocycles. The summed E-state index contributed by atoms with van der Waals surface area (Å²) in [6.45, 7) is 0.0527. The molecule has 7 heteroatoms. The SMILES string of the molecule is O=CN(CCCC(=O)O)c1cccc(C(F)(F)F)c1. The zero-order chi connectivity index (χ0) is 14.5. The fourth-order valence-corrected chi connectivity index (χ4v) is 1.50. The smallest absolute Gasteiger partial charge is 0.416 e. The Morgan fingerprint density at radius 3 is 2.58 bits per heavy atom. The monoisotopic (exact) mass is 275 g/mol. The molecule has 0 spiro atoms. The second kappa shape index (κ2) is 6.21. The van der Waals surface area contributed by atoms with E-state index in [0.29, 0.717) is 6.41 Å². The molecular formula is C12H12F3NO3. The summed E-state index contributed by atoms with van der Waals surface area (Å²) in [6, 6.07) is 4.33. The van der Waals surface area contributed by atoms with Gasteiger partial charge in [0.15, 0.2) is 0 Å². The number of anilines is 1. The molecule has 19 heavy (non-hydrogen) atoms. The molecule has 1 amide bonds. The van der Waals surface area contributed by atoms with Crippen molar-refractivity contribution in [1.29, 1.82) is 0 Å². The summed E-state index contributed by atoms with van der Waals surface area (Å²) in [4.78, 5) is 22.2. The number of amides is 1. The van der Waals surface area contributed by atoms with Crippen molar-refractivity contribution in [3.05, 3.63) is 29.8 Å². The van der Waals surface area contributed by atoms with Gasteiger partial charge in [0, 0.05) is 18.7 Å². The van der Waals surface area contributed by atoms with Crippen LogP contribution in [0.15, 0.2) is 24.3 Å². The van der Waals surface area contributed by atoms with E-state index in [2.05, 4.69) is 0 Å². The normalized spacial score (nSPS) is 11.1. The largest absolute Gasteiger partial charge is 0.481 e. The minimum atomic E-state index is -4.48. The van der Waals surface area contributed by atoms with Crippen LogP contribution >= 0.6 is 0 Å². The van der Waals surface area contributed by atoms with E-state index >= 15 is 0 Å². The van der Waals surface area contributed by atoms with Crippen LogP contribution in [0.5, 0.6) is 0 Å². The lowest BCUT2D eigenvalue weighted by atomic mass is 10.1. The lowest BCUT2D eigenvalue weighted by Crippen LogP contribution is -2.23. The van der Waals surface area contributed by atoms with Crippen LogP contribution in [0.3, 0.4) is 0 Å². The van der Waals surface area contributed by atoms with Crippen molar-refractivity contribution >= 4 is 18.1 Å². The molecule has 0 unspecified atom stereocenters. The Labute approximate surface area is 107 Å². The molecule has 0 aliphatic heterocycles. The van der Waals surface area contributed by atoms with E-state index < -0.39 is 17.7 Å². The first-order chi connectivity index (χ1) is 8.84. The molecule has 0 aromatic heterocycles. The van der Waals surface area contributed by atoms with Crippen LogP contribution in [0.1, 0.15) is 18.4 Å². The van der Waals surface area contributed by atoms with Crippen molar-refractivity contribution in [1.82, 2.24) is 0 Å². The molecule has 0 bridgehead atoms. The maximum absolute atomic E-state index is 12.5. The number of halogens is 3. The van der Waals surface area contributed by atoms with E-state index in [0.717, 1.165) is 17.0 Å². The van der Waals surface area contributed by atoms with Crippen LogP contribution < -0.4 is 4.90 Å². The fraction of sp³-hybridized carbons (Fsp3) is 0.333. The number of carboxylic acid groups (broad SMARTS) is 1. The van der Waals surface area contributed by atoms with Gasteiger partial charge >= 0.3 is 12.1 Å². The highest BCUT2D eigenvalue weighted by molar-refractivity contribution is 5.75. The molecule has 0 heterocycles. The third-order valence-electron chi connectivity index (χ3n) is 2.42. The van der Waals surface area contributed by atoms with Gasteiger partial charge in [-0.3, -0.25) is 9.59 Å². The Morgan fingerprint density at radius 1 is 1.37 bits per heavy atom. The molecule has 0 atom stereocenters. The van der Waals surface area contributed by atoms with Gasteiger partial charge in [-0.25, -0.2) is 0 Å². The first-order valence-corrected chi connectivity index (χ1v) is 5.45. The molecule has 1 aromatic rings. The number of aliphatic carboxylic acids is 1. The Kier molecular flexibility index (Phi) is 4.91. The van der Waals surface area contributed by atoms with Crippen LogP contribution in [0, 0.1) is 0 Å². The van der Waals surface area contributed by atoms with Crippen LogP contribution in [0.2, 0.25) is 0 Å². The maximum atomic E-state index is 12.5. The van der Waals surface area contributed by atoms with E-state index in [1.807, 2.05) is 0 Å². The highest BCUT2D eigenvalue weighted by Crippen LogP contribution is 2.31. The minimum absolute atomic E-state index is 0.0527. The number of hydrogen-bond donors (Lipinski definition) is 1. The van der Waals surface area contributed by atoms with E-state index in [1.165, 1.54) is 12.1 Å². The van der Waals surface area contributed by atoms with E-state index in [-0.39, 0.29) is 25.1 Å². The van der Waals surface area contributed by atoms with Crippen molar-refractivity contribution in [3.63, 3.8) is 0 Å². The molecule has 104 valence electrons. The van der Waals surface area contributed by atoms with Gasteiger partial charge in [0.05, 0.1) is 5.56 Å². The lowest BCUT2D eigenvalue weighted by Gasteiger charge is -2.18. The predicted molar refractivity (Wildman–Crippen MR) is 61.7 cm³/mol. The second-order valence-corrected chi connectivity index (χ2v) is 3.84. The Bertz CT molecular complexity index is 460. The molecular weight excluding hydrogens is 263 g/mol. The molecule has 0 saturated heterocycles. The third kappa shape index (κ3) is 4.61. The fourth-order valence-electron chi connectivity index (χ4n) is 1.50. The summed E-state index contributed by atoms with van der Waals surface area (Å²) in [5, 5.41) is 8.46. The van der Waals surface area contributed by atoms with Gasteiger partial charge < -0.3 is 10.0 Å². The maximum Gasteiger partial charge on any atom is 0.416 e. The van der Waals surface area contributed by atoms with Crippen LogP contribution in [0.25, 0.3) is 0 Å². The van der Waals surface area contributed by atoms with E-state index in [4.69, 9.17) is 5.11 Å². The standard InChI is InChI=1S/C12H12F3NO3/c13-12(14,15)9-3-1-4-10(7-9)16(8-17)6-2-5-11(18)19/h1,3-4,7-8H,2,5-6H2,(H,18,19). The summed E-state index contributed by atoms with van der Waals surface area (Å²) in [5.74, 6) is -1.02. The van der Waals surface area contributed by atoms with Gasteiger partial charge in [-0.05, 0) is 24.6 Å². The third-order valence-corrected chi connectivity index (χ3v) is 2.42. The van der Waals surface area contributed by atoms with Crippen LogP contribution in [-0.4, -0.2) is 24.0 Å². The van der Waals surface area contributed by atoms with Gasteiger partial charge in [-0.15, -0.1) is 0 Å². The van der Waals surface area contributed by atoms with Gasteiger partial charge in [0.25, 0.3) is 0 Å². The van der Waals surface area contributed by atoms with E-state index in [9.17, 15) is 22.8 Å². The van der Waals surface area contributed by atoms with Crippen LogP contribution in [-0.2, 0) is 15.8 Å². The molecule has 0 saturated carbocycles. The highest BCUT2D eigenvalue weighted by Gasteiger charge is 2.30. The molecule has 0 radical (unpaired) electrons. The van der Waals surface area contributed by atoms with Crippen molar-refractivity contribution in [3.8, 4) is 0 Å². The van der Waals surface area contributed by atoms with Gasteiger partial charge in [0.2, 0.25) is 6.41 Å². The molecule has 1 N–H and O–H groups in total. The first kappa shape index (κ1) is 15.0. The quantitative estimate of drug-likeness (QED) is 0.812.